The molecule has 0 saturated carbocycles. The third-order valence-corrected chi connectivity index (χ3v) is 4.55. The first-order valence-electron chi connectivity index (χ1n) is 6.29. The lowest BCUT2D eigenvalue weighted by molar-refractivity contribution is 0.251. The van der Waals surface area contributed by atoms with Gasteiger partial charge in [0.15, 0.2) is 5.13 Å². The second kappa shape index (κ2) is 7.32. The minimum atomic E-state index is -1.40. The molecule has 0 aliphatic rings. The first-order chi connectivity index (χ1) is 10.5. The highest BCUT2D eigenvalue weighted by Gasteiger charge is 2.09. The SMILES string of the molecule is CNc1nc(CNC(=O)Nc2ccc([S@](C)=O)c(F)c2)cs1. The summed E-state index contributed by atoms with van der Waals surface area (Å²) in [4.78, 5) is 16.1. The monoisotopic (exact) mass is 342 g/mol. The zero-order valence-corrected chi connectivity index (χ0v) is 13.6. The average Bonchev–Trinajstić information content (AvgIpc) is 2.93. The van der Waals surface area contributed by atoms with Crippen LogP contribution in [0, 0.1) is 5.82 Å². The van der Waals surface area contributed by atoms with Crippen molar-refractivity contribution in [2.75, 3.05) is 23.9 Å². The lowest BCUT2D eigenvalue weighted by Gasteiger charge is -2.08. The van der Waals surface area contributed by atoms with Gasteiger partial charge in [0.05, 0.1) is 27.9 Å². The number of aromatic nitrogens is 1. The maximum absolute atomic E-state index is 13.7. The van der Waals surface area contributed by atoms with E-state index in [9.17, 15) is 13.4 Å². The van der Waals surface area contributed by atoms with E-state index in [-0.39, 0.29) is 11.4 Å². The van der Waals surface area contributed by atoms with Crippen molar-refractivity contribution in [1.82, 2.24) is 10.3 Å². The topological polar surface area (TPSA) is 83.1 Å². The van der Waals surface area contributed by atoms with Crippen LogP contribution in [0.5, 0.6) is 0 Å². The zero-order chi connectivity index (χ0) is 16.1. The highest BCUT2D eigenvalue weighted by atomic mass is 32.2. The molecule has 0 saturated heterocycles. The molecule has 0 unspecified atom stereocenters. The van der Waals surface area contributed by atoms with Crippen molar-refractivity contribution in [1.29, 1.82) is 0 Å². The standard InChI is InChI=1S/C13H15FN4O2S2/c1-15-13-18-9(7-21-13)6-16-12(19)17-8-3-4-11(22(2)20)10(14)5-8/h3-5,7H,6H2,1-2H3,(H,15,18)(H2,16,17,19)/t22-/m0/s1. The molecule has 6 nitrogen and oxygen atoms in total. The molecule has 1 heterocycles. The van der Waals surface area contributed by atoms with Crippen LogP contribution in [0.1, 0.15) is 5.69 Å². The third kappa shape index (κ3) is 4.25. The van der Waals surface area contributed by atoms with Crippen molar-refractivity contribution >= 4 is 39.0 Å². The summed E-state index contributed by atoms with van der Waals surface area (Å²) < 4.78 is 24.9. The Labute approximate surface area is 133 Å². The van der Waals surface area contributed by atoms with E-state index >= 15 is 0 Å². The fraction of sp³-hybridized carbons (Fsp3) is 0.231. The molecular weight excluding hydrogens is 327 g/mol. The van der Waals surface area contributed by atoms with E-state index in [2.05, 4.69) is 20.9 Å². The summed E-state index contributed by atoms with van der Waals surface area (Å²) in [5.41, 5.74) is 1.02. The molecule has 2 amide bonds. The van der Waals surface area contributed by atoms with Crippen LogP contribution >= 0.6 is 11.3 Å². The molecule has 3 N–H and O–H groups in total. The molecule has 1 atom stereocenters. The summed E-state index contributed by atoms with van der Waals surface area (Å²) in [6, 6.07) is 3.56. The Kier molecular flexibility index (Phi) is 5.45. The first-order valence-corrected chi connectivity index (χ1v) is 8.73. The fourth-order valence-corrected chi connectivity index (χ4v) is 2.93. The lowest BCUT2D eigenvalue weighted by Crippen LogP contribution is -2.28. The van der Waals surface area contributed by atoms with E-state index < -0.39 is 22.6 Å². The molecule has 1 aromatic carbocycles. The number of nitrogens with zero attached hydrogens (tertiary/aromatic N) is 1. The van der Waals surface area contributed by atoms with Crippen molar-refractivity contribution in [3.8, 4) is 0 Å². The Morgan fingerprint density at radius 1 is 1.45 bits per heavy atom. The van der Waals surface area contributed by atoms with Crippen LogP contribution in [-0.2, 0) is 17.3 Å². The molecule has 0 aliphatic carbocycles. The summed E-state index contributed by atoms with van der Waals surface area (Å²) in [7, 11) is 0.363. The van der Waals surface area contributed by atoms with E-state index in [1.807, 2.05) is 5.38 Å². The number of nitrogens with one attached hydrogen (secondary N) is 3. The molecule has 2 aromatic rings. The van der Waals surface area contributed by atoms with Crippen molar-refractivity contribution in [3.63, 3.8) is 0 Å². The van der Waals surface area contributed by atoms with Crippen molar-refractivity contribution in [2.45, 2.75) is 11.4 Å². The van der Waals surface area contributed by atoms with Crippen molar-refractivity contribution in [2.24, 2.45) is 0 Å². The number of anilines is 2. The zero-order valence-electron chi connectivity index (χ0n) is 12.0. The van der Waals surface area contributed by atoms with Crippen LogP contribution in [0.25, 0.3) is 0 Å². The van der Waals surface area contributed by atoms with Gasteiger partial charge in [-0.1, -0.05) is 0 Å². The molecule has 0 spiro atoms. The number of thiazole rings is 1. The Balaban J connectivity index is 1.91. The molecular formula is C13H15FN4O2S2. The minimum Gasteiger partial charge on any atom is -0.365 e. The Morgan fingerprint density at radius 3 is 2.82 bits per heavy atom. The van der Waals surface area contributed by atoms with E-state index in [1.165, 1.54) is 29.7 Å². The van der Waals surface area contributed by atoms with E-state index in [0.717, 1.165) is 16.9 Å². The van der Waals surface area contributed by atoms with Crippen molar-refractivity contribution in [3.05, 3.63) is 35.1 Å². The van der Waals surface area contributed by atoms with Crippen LogP contribution < -0.4 is 16.0 Å². The quantitative estimate of drug-likeness (QED) is 0.779. The molecule has 0 bridgehead atoms. The highest BCUT2D eigenvalue weighted by Crippen LogP contribution is 2.17. The minimum absolute atomic E-state index is 0.105. The number of rotatable bonds is 5. The predicted molar refractivity (Wildman–Crippen MR) is 86.3 cm³/mol. The number of carbonyl (C=O) groups excluding carboxylic acids is 1. The Morgan fingerprint density at radius 2 is 2.23 bits per heavy atom. The van der Waals surface area contributed by atoms with Gasteiger partial charge in [0.25, 0.3) is 0 Å². The molecule has 0 aliphatic heterocycles. The van der Waals surface area contributed by atoms with Crippen LogP contribution in [0.4, 0.5) is 20.0 Å². The number of carbonyl (C=O) groups is 1. The van der Waals surface area contributed by atoms with Gasteiger partial charge in [-0.15, -0.1) is 11.3 Å². The summed E-state index contributed by atoms with van der Waals surface area (Å²) in [6.45, 7) is 0.267. The van der Waals surface area contributed by atoms with E-state index in [1.54, 1.807) is 7.05 Å². The van der Waals surface area contributed by atoms with Gasteiger partial charge in [0.1, 0.15) is 5.82 Å². The smallest absolute Gasteiger partial charge is 0.319 e. The molecule has 0 radical (unpaired) electrons. The van der Waals surface area contributed by atoms with Gasteiger partial charge in [-0.25, -0.2) is 14.2 Å². The number of halogens is 1. The third-order valence-electron chi connectivity index (χ3n) is 2.70. The summed E-state index contributed by atoms with van der Waals surface area (Å²) in [6.07, 6.45) is 1.39. The Hall–Kier alpha value is -2.00. The Bertz CT molecular complexity index is 705. The maximum Gasteiger partial charge on any atom is 0.319 e. The average molecular weight is 342 g/mol. The number of amides is 2. The van der Waals surface area contributed by atoms with Crippen LogP contribution in [-0.4, -0.2) is 28.5 Å². The maximum atomic E-state index is 13.7. The lowest BCUT2D eigenvalue weighted by atomic mass is 10.3. The summed E-state index contributed by atoms with van der Waals surface area (Å²) in [5.74, 6) is -0.614. The number of benzene rings is 1. The molecule has 2 rings (SSSR count). The molecule has 22 heavy (non-hydrogen) atoms. The summed E-state index contributed by atoms with van der Waals surface area (Å²) in [5, 5.41) is 10.6. The predicted octanol–water partition coefficient (Wildman–Crippen LogP) is 2.38. The summed E-state index contributed by atoms with van der Waals surface area (Å²) >= 11 is 1.44. The normalized spacial score (nSPS) is 11.8. The van der Waals surface area contributed by atoms with Gasteiger partial charge in [-0.05, 0) is 18.2 Å². The molecule has 0 fully saturated rings. The van der Waals surface area contributed by atoms with Gasteiger partial charge in [-0.3, -0.25) is 4.21 Å². The number of hydrogen-bond donors (Lipinski definition) is 3. The fourth-order valence-electron chi connectivity index (χ4n) is 1.66. The van der Waals surface area contributed by atoms with Gasteiger partial charge < -0.3 is 16.0 Å². The van der Waals surface area contributed by atoms with Gasteiger partial charge in [0.2, 0.25) is 0 Å². The number of hydrogen-bond acceptors (Lipinski definition) is 5. The van der Waals surface area contributed by atoms with Crippen LogP contribution in [0.3, 0.4) is 0 Å². The molecule has 118 valence electrons. The number of urea groups is 1. The molecule has 1 aromatic heterocycles. The second-order valence-electron chi connectivity index (χ2n) is 4.30. The second-order valence-corrected chi connectivity index (χ2v) is 6.51. The van der Waals surface area contributed by atoms with Crippen LogP contribution in [0.2, 0.25) is 0 Å². The van der Waals surface area contributed by atoms with E-state index in [0.29, 0.717) is 5.69 Å². The van der Waals surface area contributed by atoms with Gasteiger partial charge in [0, 0.05) is 24.4 Å². The first kappa shape index (κ1) is 16.4. The van der Waals surface area contributed by atoms with Crippen molar-refractivity contribution < 1.29 is 13.4 Å². The van der Waals surface area contributed by atoms with E-state index in [4.69, 9.17) is 0 Å². The molecule has 9 heteroatoms. The largest absolute Gasteiger partial charge is 0.365 e. The van der Waals surface area contributed by atoms with Gasteiger partial charge >= 0.3 is 6.03 Å². The highest BCUT2D eigenvalue weighted by molar-refractivity contribution is 7.84. The van der Waals surface area contributed by atoms with Crippen LogP contribution in [0.15, 0.2) is 28.5 Å². The van der Waals surface area contributed by atoms with Gasteiger partial charge in [-0.2, -0.15) is 0 Å².